The molecule has 3 heterocycles. The first-order valence-electron chi connectivity index (χ1n) is 10.5. The van der Waals surface area contributed by atoms with Crippen molar-refractivity contribution in [2.75, 3.05) is 0 Å². The third-order valence-electron chi connectivity index (χ3n) is 6.47. The molecular formula is C25H27NO2. The highest BCUT2D eigenvalue weighted by molar-refractivity contribution is 5.84. The number of aromatic nitrogens is 1. The zero-order valence-electron chi connectivity index (χ0n) is 16.9. The van der Waals surface area contributed by atoms with Crippen molar-refractivity contribution in [2.45, 2.75) is 64.5 Å². The molecule has 0 fully saturated rings. The van der Waals surface area contributed by atoms with E-state index in [9.17, 15) is 4.79 Å². The van der Waals surface area contributed by atoms with E-state index in [0.29, 0.717) is 5.92 Å². The molecule has 0 aliphatic carbocycles. The SMILES string of the molecule is CC(C)c1ccc2c(c1)CC(CC(C)c1cc3cccc4c3n(c1=O)CC4)O2. The molecule has 0 radical (unpaired) electrons. The van der Waals surface area contributed by atoms with Crippen molar-refractivity contribution in [3.05, 3.63) is 75.1 Å². The van der Waals surface area contributed by atoms with Crippen LogP contribution in [0.5, 0.6) is 5.75 Å². The van der Waals surface area contributed by atoms with E-state index in [1.165, 1.54) is 22.1 Å². The summed E-state index contributed by atoms with van der Waals surface area (Å²) in [6, 6.07) is 15.1. The monoisotopic (exact) mass is 373 g/mol. The first kappa shape index (κ1) is 17.5. The maximum absolute atomic E-state index is 13.1. The normalized spacial score (nSPS) is 18.5. The van der Waals surface area contributed by atoms with Crippen LogP contribution in [0.25, 0.3) is 10.9 Å². The summed E-state index contributed by atoms with van der Waals surface area (Å²) in [5, 5.41) is 1.19. The Balaban J connectivity index is 1.41. The molecule has 2 aliphatic rings. The fraction of sp³-hybridized carbons (Fsp3) is 0.400. The van der Waals surface area contributed by atoms with Gasteiger partial charge in [-0.25, -0.2) is 0 Å². The predicted molar refractivity (Wildman–Crippen MR) is 114 cm³/mol. The maximum atomic E-state index is 13.1. The van der Waals surface area contributed by atoms with Crippen LogP contribution in [-0.2, 0) is 19.4 Å². The van der Waals surface area contributed by atoms with E-state index in [0.717, 1.165) is 42.6 Å². The quantitative estimate of drug-likeness (QED) is 0.631. The molecule has 2 aromatic carbocycles. The molecule has 0 N–H and O–H groups in total. The lowest BCUT2D eigenvalue weighted by molar-refractivity contribution is 0.212. The number of hydrogen-bond donors (Lipinski definition) is 0. The van der Waals surface area contributed by atoms with Crippen LogP contribution in [0.15, 0.2) is 47.3 Å². The highest BCUT2D eigenvalue weighted by Gasteiger charge is 2.27. The fourth-order valence-corrected chi connectivity index (χ4v) is 4.90. The Morgan fingerprint density at radius 3 is 2.79 bits per heavy atom. The summed E-state index contributed by atoms with van der Waals surface area (Å²) < 4.78 is 8.20. The van der Waals surface area contributed by atoms with Crippen molar-refractivity contribution in [1.82, 2.24) is 4.57 Å². The average Bonchev–Trinajstić information content (AvgIpc) is 3.28. The molecular weight excluding hydrogens is 346 g/mol. The number of rotatable bonds is 4. The van der Waals surface area contributed by atoms with Gasteiger partial charge in [0.1, 0.15) is 11.9 Å². The van der Waals surface area contributed by atoms with E-state index in [1.54, 1.807) is 0 Å². The van der Waals surface area contributed by atoms with Gasteiger partial charge < -0.3 is 9.30 Å². The molecule has 3 heteroatoms. The van der Waals surface area contributed by atoms with E-state index < -0.39 is 0 Å². The lowest BCUT2D eigenvalue weighted by atomic mass is 9.92. The lowest BCUT2D eigenvalue weighted by Crippen LogP contribution is -2.26. The lowest BCUT2D eigenvalue weighted by Gasteiger charge is -2.18. The third kappa shape index (κ3) is 2.76. The second-order valence-electron chi connectivity index (χ2n) is 8.76. The molecule has 0 saturated heterocycles. The third-order valence-corrected chi connectivity index (χ3v) is 6.47. The number of hydrogen-bond acceptors (Lipinski definition) is 2. The van der Waals surface area contributed by atoms with Gasteiger partial charge in [0.15, 0.2) is 0 Å². The van der Waals surface area contributed by atoms with Crippen LogP contribution < -0.4 is 10.3 Å². The molecule has 2 unspecified atom stereocenters. The maximum Gasteiger partial charge on any atom is 0.254 e. The summed E-state index contributed by atoms with van der Waals surface area (Å²) in [5.41, 5.74) is 6.21. The van der Waals surface area contributed by atoms with E-state index in [1.807, 2.05) is 4.57 Å². The molecule has 28 heavy (non-hydrogen) atoms. The smallest absolute Gasteiger partial charge is 0.254 e. The molecule has 3 aromatic rings. The van der Waals surface area contributed by atoms with Gasteiger partial charge in [-0.05, 0) is 58.9 Å². The summed E-state index contributed by atoms with van der Waals surface area (Å²) in [7, 11) is 0. The van der Waals surface area contributed by atoms with Crippen LogP contribution in [0.1, 0.15) is 61.3 Å². The van der Waals surface area contributed by atoms with Crippen molar-refractivity contribution in [3.63, 3.8) is 0 Å². The van der Waals surface area contributed by atoms with Crippen LogP contribution in [0.2, 0.25) is 0 Å². The van der Waals surface area contributed by atoms with E-state index in [-0.39, 0.29) is 17.6 Å². The zero-order valence-corrected chi connectivity index (χ0v) is 16.9. The van der Waals surface area contributed by atoms with Crippen molar-refractivity contribution in [2.24, 2.45) is 0 Å². The van der Waals surface area contributed by atoms with Crippen molar-refractivity contribution in [1.29, 1.82) is 0 Å². The molecule has 0 saturated carbocycles. The van der Waals surface area contributed by atoms with Crippen molar-refractivity contribution < 1.29 is 4.74 Å². The number of nitrogens with zero attached hydrogens (tertiary/aromatic N) is 1. The van der Waals surface area contributed by atoms with Crippen LogP contribution >= 0.6 is 0 Å². The Labute approximate surface area is 166 Å². The van der Waals surface area contributed by atoms with Crippen LogP contribution in [0, 0.1) is 0 Å². The number of aryl methyl sites for hydroxylation is 2. The van der Waals surface area contributed by atoms with Crippen LogP contribution in [0.4, 0.5) is 0 Å². The van der Waals surface area contributed by atoms with E-state index in [4.69, 9.17) is 4.74 Å². The predicted octanol–water partition coefficient (Wildman–Crippen LogP) is 5.18. The van der Waals surface area contributed by atoms with Crippen LogP contribution in [0.3, 0.4) is 0 Å². The van der Waals surface area contributed by atoms with Crippen LogP contribution in [-0.4, -0.2) is 10.7 Å². The second-order valence-corrected chi connectivity index (χ2v) is 8.76. The number of ether oxygens (including phenoxy) is 1. The molecule has 2 atom stereocenters. The minimum Gasteiger partial charge on any atom is -0.490 e. The summed E-state index contributed by atoms with van der Waals surface area (Å²) in [4.78, 5) is 13.1. The van der Waals surface area contributed by atoms with Gasteiger partial charge in [-0.2, -0.15) is 0 Å². The molecule has 0 amide bonds. The Kier molecular flexibility index (Phi) is 4.08. The summed E-state index contributed by atoms with van der Waals surface area (Å²) in [6.45, 7) is 7.42. The molecule has 1 aromatic heterocycles. The van der Waals surface area contributed by atoms with Crippen molar-refractivity contribution in [3.8, 4) is 5.75 Å². The zero-order chi connectivity index (χ0) is 19.4. The number of benzene rings is 2. The Morgan fingerprint density at radius 1 is 1.11 bits per heavy atom. The molecule has 3 nitrogen and oxygen atoms in total. The number of para-hydroxylation sites is 1. The van der Waals surface area contributed by atoms with E-state index in [2.05, 4.69) is 63.2 Å². The standard InChI is InChI=1S/C25H27NO2/c1-15(2)18-7-8-23-20(12-18)13-21(28-23)11-16(3)22-14-19-6-4-5-17-9-10-26(24(17)19)25(22)27/h4-8,12,14-16,21H,9-11,13H2,1-3H3. The van der Waals surface area contributed by atoms with Gasteiger partial charge in [0.2, 0.25) is 0 Å². The van der Waals surface area contributed by atoms with Gasteiger partial charge in [-0.15, -0.1) is 0 Å². The van der Waals surface area contributed by atoms with Gasteiger partial charge in [-0.1, -0.05) is 51.1 Å². The Hall–Kier alpha value is -2.55. The van der Waals surface area contributed by atoms with Crippen molar-refractivity contribution >= 4 is 10.9 Å². The second kappa shape index (κ2) is 6.51. The molecule has 144 valence electrons. The Morgan fingerprint density at radius 2 is 1.96 bits per heavy atom. The minimum atomic E-state index is 0.146. The first-order valence-corrected chi connectivity index (χ1v) is 10.5. The highest BCUT2D eigenvalue weighted by Crippen LogP contribution is 2.35. The van der Waals surface area contributed by atoms with Gasteiger partial charge in [0, 0.05) is 18.5 Å². The minimum absolute atomic E-state index is 0.146. The van der Waals surface area contributed by atoms with Gasteiger partial charge in [0.25, 0.3) is 5.56 Å². The van der Waals surface area contributed by atoms with Gasteiger partial charge >= 0.3 is 0 Å². The van der Waals surface area contributed by atoms with Gasteiger partial charge in [-0.3, -0.25) is 4.79 Å². The summed E-state index contributed by atoms with van der Waals surface area (Å²) in [6.07, 6.45) is 2.91. The summed E-state index contributed by atoms with van der Waals surface area (Å²) in [5.74, 6) is 1.72. The first-order chi connectivity index (χ1) is 13.5. The van der Waals surface area contributed by atoms with E-state index >= 15 is 0 Å². The fourth-order valence-electron chi connectivity index (χ4n) is 4.90. The largest absolute Gasteiger partial charge is 0.490 e. The van der Waals surface area contributed by atoms with Gasteiger partial charge in [0.05, 0.1) is 5.52 Å². The topological polar surface area (TPSA) is 31.2 Å². The highest BCUT2D eigenvalue weighted by atomic mass is 16.5. The molecule has 0 bridgehead atoms. The summed E-state index contributed by atoms with van der Waals surface area (Å²) >= 11 is 0. The number of fused-ring (bicyclic) bond motifs is 1. The molecule has 2 aliphatic heterocycles. The number of pyridine rings is 1. The Bertz CT molecular complexity index is 1130. The average molecular weight is 373 g/mol. The molecule has 0 spiro atoms. The molecule has 5 rings (SSSR count).